The van der Waals surface area contributed by atoms with E-state index in [-0.39, 0.29) is 6.09 Å². The predicted molar refractivity (Wildman–Crippen MR) is 65.8 cm³/mol. The molecule has 0 bridgehead atoms. The molecule has 0 aliphatic rings. The minimum Gasteiger partial charge on any atom is -0.449 e. The van der Waals surface area contributed by atoms with Crippen LogP contribution in [0.4, 0.5) is 10.5 Å². The van der Waals surface area contributed by atoms with Gasteiger partial charge in [0.1, 0.15) is 0 Å². The topological polar surface area (TPSA) is 29.5 Å². The van der Waals surface area contributed by atoms with Gasteiger partial charge in [0.05, 0.1) is 6.61 Å². The average Bonchev–Trinajstić information content (AvgIpc) is 2.30. The zero-order chi connectivity index (χ0) is 12.0. The summed E-state index contributed by atoms with van der Waals surface area (Å²) in [6.07, 6.45) is 0.574. The van der Waals surface area contributed by atoms with E-state index >= 15 is 0 Å². The number of carbonyl (C=O) groups excluding carboxylic acids is 1. The van der Waals surface area contributed by atoms with Crippen molar-refractivity contribution in [3.05, 3.63) is 29.8 Å². The molecule has 0 aromatic heterocycles. The van der Waals surface area contributed by atoms with Crippen LogP contribution in [0, 0.1) is 6.92 Å². The highest BCUT2D eigenvalue weighted by Gasteiger charge is 2.14. The summed E-state index contributed by atoms with van der Waals surface area (Å²) >= 11 is 0. The van der Waals surface area contributed by atoms with E-state index in [4.69, 9.17) is 4.74 Å². The maximum absolute atomic E-state index is 11.7. The van der Waals surface area contributed by atoms with Crippen molar-refractivity contribution in [1.29, 1.82) is 0 Å². The van der Waals surface area contributed by atoms with Crippen LogP contribution in [0.15, 0.2) is 24.3 Å². The highest BCUT2D eigenvalue weighted by atomic mass is 16.6. The van der Waals surface area contributed by atoms with E-state index in [1.54, 1.807) is 4.90 Å². The Morgan fingerprint density at radius 3 is 2.38 bits per heavy atom. The number of ether oxygens (including phenoxy) is 1. The third-order valence-corrected chi connectivity index (χ3v) is 2.31. The quantitative estimate of drug-likeness (QED) is 0.780. The van der Waals surface area contributed by atoms with Gasteiger partial charge in [0.2, 0.25) is 0 Å². The van der Waals surface area contributed by atoms with Crippen molar-refractivity contribution >= 4 is 11.8 Å². The molecule has 0 unspecified atom stereocenters. The Labute approximate surface area is 97.0 Å². The smallest absolute Gasteiger partial charge is 0.414 e. The predicted octanol–water partition coefficient (Wildman–Crippen LogP) is 3.37. The molecule has 0 heterocycles. The Morgan fingerprint density at radius 1 is 1.25 bits per heavy atom. The van der Waals surface area contributed by atoms with Crippen LogP contribution in [0.25, 0.3) is 0 Å². The number of amides is 1. The zero-order valence-electron chi connectivity index (χ0n) is 10.2. The van der Waals surface area contributed by atoms with Crippen molar-refractivity contribution in [1.82, 2.24) is 0 Å². The molecule has 1 aromatic carbocycles. The second kappa shape index (κ2) is 6.16. The lowest BCUT2D eigenvalue weighted by Gasteiger charge is -2.20. The standard InChI is InChI=1S/C13H19NO2/c1-4-10-16-13(15)14(5-2)12-8-6-11(3)7-9-12/h6-9H,4-5,10H2,1-3H3. The van der Waals surface area contributed by atoms with E-state index in [2.05, 4.69) is 0 Å². The van der Waals surface area contributed by atoms with Gasteiger partial charge >= 0.3 is 6.09 Å². The third kappa shape index (κ3) is 3.26. The molecule has 16 heavy (non-hydrogen) atoms. The highest BCUT2D eigenvalue weighted by molar-refractivity contribution is 5.87. The van der Waals surface area contributed by atoms with Crippen LogP contribution in [0.5, 0.6) is 0 Å². The van der Waals surface area contributed by atoms with E-state index in [1.807, 2.05) is 45.0 Å². The fourth-order valence-corrected chi connectivity index (χ4v) is 1.41. The van der Waals surface area contributed by atoms with Gasteiger partial charge in [-0.3, -0.25) is 4.90 Å². The fourth-order valence-electron chi connectivity index (χ4n) is 1.41. The molecule has 0 N–H and O–H groups in total. The number of rotatable bonds is 4. The Morgan fingerprint density at radius 2 is 1.88 bits per heavy atom. The van der Waals surface area contributed by atoms with Gasteiger partial charge in [-0.05, 0) is 32.4 Å². The third-order valence-electron chi connectivity index (χ3n) is 2.31. The molecule has 0 radical (unpaired) electrons. The maximum atomic E-state index is 11.7. The van der Waals surface area contributed by atoms with Crippen molar-refractivity contribution in [2.75, 3.05) is 18.1 Å². The summed E-state index contributed by atoms with van der Waals surface area (Å²) in [5.41, 5.74) is 2.07. The Bertz CT molecular complexity index is 332. The van der Waals surface area contributed by atoms with Crippen molar-refractivity contribution in [3.8, 4) is 0 Å². The summed E-state index contributed by atoms with van der Waals surface area (Å²) in [5.74, 6) is 0. The van der Waals surface area contributed by atoms with Crippen LogP contribution >= 0.6 is 0 Å². The Hall–Kier alpha value is -1.51. The van der Waals surface area contributed by atoms with Crippen molar-refractivity contribution in [2.45, 2.75) is 27.2 Å². The van der Waals surface area contributed by atoms with Gasteiger partial charge in [0.15, 0.2) is 0 Å². The van der Waals surface area contributed by atoms with Crippen molar-refractivity contribution < 1.29 is 9.53 Å². The van der Waals surface area contributed by atoms with Gasteiger partial charge in [-0.1, -0.05) is 24.6 Å². The monoisotopic (exact) mass is 221 g/mol. The van der Waals surface area contributed by atoms with Crippen LogP contribution in [0.3, 0.4) is 0 Å². The number of hydrogen-bond acceptors (Lipinski definition) is 2. The molecule has 0 aliphatic carbocycles. The molecule has 88 valence electrons. The van der Waals surface area contributed by atoms with E-state index < -0.39 is 0 Å². The number of carbonyl (C=O) groups is 1. The molecule has 0 spiro atoms. The molecule has 1 amide bonds. The van der Waals surface area contributed by atoms with E-state index in [0.29, 0.717) is 13.2 Å². The molecule has 0 fully saturated rings. The minimum absolute atomic E-state index is 0.270. The van der Waals surface area contributed by atoms with Crippen LogP contribution in [-0.2, 0) is 4.74 Å². The number of nitrogens with zero attached hydrogens (tertiary/aromatic N) is 1. The number of aryl methyl sites for hydroxylation is 1. The van der Waals surface area contributed by atoms with Gasteiger partial charge in [-0.25, -0.2) is 4.79 Å². The highest BCUT2D eigenvalue weighted by Crippen LogP contribution is 2.15. The van der Waals surface area contributed by atoms with Crippen molar-refractivity contribution in [2.24, 2.45) is 0 Å². The summed E-state index contributed by atoms with van der Waals surface area (Å²) < 4.78 is 5.12. The summed E-state index contributed by atoms with van der Waals surface area (Å²) in [5, 5.41) is 0. The largest absolute Gasteiger partial charge is 0.449 e. The van der Waals surface area contributed by atoms with Gasteiger partial charge in [0.25, 0.3) is 0 Å². The molecule has 3 nitrogen and oxygen atoms in total. The van der Waals surface area contributed by atoms with Crippen LogP contribution in [0.1, 0.15) is 25.8 Å². The molecule has 0 aliphatic heterocycles. The SMILES string of the molecule is CCCOC(=O)N(CC)c1ccc(C)cc1. The zero-order valence-corrected chi connectivity index (χ0v) is 10.2. The molecular weight excluding hydrogens is 202 g/mol. The summed E-state index contributed by atoms with van der Waals surface area (Å²) in [6, 6.07) is 7.86. The fraction of sp³-hybridized carbons (Fsp3) is 0.462. The summed E-state index contributed by atoms with van der Waals surface area (Å²) in [4.78, 5) is 13.4. The first-order valence-electron chi connectivity index (χ1n) is 5.70. The van der Waals surface area contributed by atoms with Crippen molar-refractivity contribution in [3.63, 3.8) is 0 Å². The lowest BCUT2D eigenvalue weighted by molar-refractivity contribution is 0.154. The Kier molecular flexibility index (Phi) is 4.83. The van der Waals surface area contributed by atoms with Crippen LogP contribution in [-0.4, -0.2) is 19.2 Å². The molecule has 1 aromatic rings. The second-order valence-corrected chi connectivity index (χ2v) is 3.69. The molecule has 3 heteroatoms. The van der Waals surface area contributed by atoms with E-state index in [9.17, 15) is 4.79 Å². The molecule has 1 rings (SSSR count). The summed E-state index contributed by atoms with van der Waals surface area (Å²) in [7, 11) is 0. The average molecular weight is 221 g/mol. The molecule has 0 atom stereocenters. The van der Waals surface area contributed by atoms with Gasteiger partial charge in [-0.15, -0.1) is 0 Å². The van der Waals surface area contributed by atoms with Crippen LogP contribution < -0.4 is 4.90 Å². The van der Waals surface area contributed by atoms with E-state index in [0.717, 1.165) is 12.1 Å². The maximum Gasteiger partial charge on any atom is 0.414 e. The Balaban J connectivity index is 2.73. The molecule has 0 saturated carbocycles. The van der Waals surface area contributed by atoms with Crippen LogP contribution in [0.2, 0.25) is 0 Å². The number of anilines is 1. The number of hydrogen-bond donors (Lipinski definition) is 0. The van der Waals surface area contributed by atoms with E-state index in [1.165, 1.54) is 5.56 Å². The normalized spacial score (nSPS) is 9.94. The molecule has 0 saturated heterocycles. The van der Waals surface area contributed by atoms with Gasteiger partial charge in [0, 0.05) is 12.2 Å². The first-order valence-corrected chi connectivity index (χ1v) is 5.70. The first-order chi connectivity index (χ1) is 7.69. The minimum atomic E-state index is -0.270. The second-order valence-electron chi connectivity index (χ2n) is 3.69. The van der Waals surface area contributed by atoms with Gasteiger partial charge < -0.3 is 4.74 Å². The lowest BCUT2D eigenvalue weighted by Crippen LogP contribution is -2.31. The lowest BCUT2D eigenvalue weighted by atomic mass is 10.2. The molecular formula is C13H19NO2. The summed E-state index contributed by atoms with van der Waals surface area (Å²) in [6.45, 7) is 7.03. The number of benzene rings is 1. The van der Waals surface area contributed by atoms with Gasteiger partial charge in [-0.2, -0.15) is 0 Å². The first kappa shape index (κ1) is 12.6.